The minimum absolute atomic E-state index is 0.0483. The molecule has 0 spiro atoms. The van der Waals surface area contributed by atoms with Gasteiger partial charge in [0.1, 0.15) is 12.4 Å². The molecule has 0 atom stereocenters. The minimum Gasteiger partial charge on any atom is -0.489 e. The zero-order valence-electron chi connectivity index (χ0n) is 14.1. The van der Waals surface area contributed by atoms with Gasteiger partial charge in [0.15, 0.2) is 5.78 Å². The molecule has 0 radical (unpaired) electrons. The predicted octanol–water partition coefficient (Wildman–Crippen LogP) is 5.84. The molecule has 0 fully saturated rings. The fourth-order valence-corrected chi connectivity index (χ4v) is 2.58. The molecule has 3 aromatic carbocycles. The van der Waals surface area contributed by atoms with Crippen molar-refractivity contribution in [3.8, 4) is 5.75 Å². The number of halogens is 1. The molecule has 0 aliphatic rings. The zero-order valence-corrected chi connectivity index (χ0v) is 15.6. The maximum Gasteiger partial charge on any atom is 0.187 e. The molecule has 3 rings (SSSR count). The van der Waals surface area contributed by atoms with Crippen molar-refractivity contribution in [2.75, 3.05) is 5.32 Å². The number of ether oxygens (including phenoxy) is 1. The molecule has 0 aromatic heterocycles. The van der Waals surface area contributed by atoms with Crippen molar-refractivity contribution in [1.82, 2.24) is 0 Å². The number of anilines is 1. The second kappa shape index (κ2) is 9.02. The van der Waals surface area contributed by atoms with E-state index in [4.69, 9.17) is 4.74 Å². The molecular formula is C22H18BrNO2. The number of hydrogen-bond donors (Lipinski definition) is 1. The van der Waals surface area contributed by atoms with Crippen LogP contribution >= 0.6 is 15.9 Å². The van der Waals surface area contributed by atoms with Crippen LogP contribution in [0.3, 0.4) is 0 Å². The van der Waals surface area contributed by atoms with E-state index in [0.29, 0.717) is 12.2 Å². The summed E-state index contributed by atoms with van der Waals surface area (Å²) in [6.45, 7) is 0.537. The first-order valence-electron chi connectivity index (χ1n) is 8.20. The molecule has 3 aromatic rings. The highest BCUT2D eigenvalue weighted by Gasteiger charge is 2.01. The van der Waals surface area contributed by atoms with Crippen LogP contribution in [-0.4, -0.2) is 5.78 Å². The van der Waals surface area contributed by atoms with Gasteiger partial charge in [0, 0.05) is 28.0 Å². The second-order valence-electron chi connectivity index (χ2n) is 5.65. The molecule has 0 bridgehead atoms. The predicted molar refractivity (Wildman–Crippen MR) is 108 cm³/mol. The highest BCUT2D eigenvalue weighted by Crippen LogP contribution is 2.17. The SMILES string of the molecule is O=C(/C=C/Nc1ccc(OCc2ccccc2)cc1)c1ccc(Br)cc1. The van der Waals surface area contributed by atoms with Crippen LogP contribution in [0.2, 0.25) is 0 Å². The first kappa shape index (κ1) is 18.0. The van der Waals surface area contributed by atoms with Gasteiger partial charge in [-0.2, -0.15) is 0 Å². The Balaban J connectivity index is 1.51. The summed E-state index contributed by atoms with van der Waals surface area (Å²) in [7, 11) is 0. The third-order valence-corrected chi connectivity index (χ3v) is 4.24. The molecule has 0 aliphatic carbocycles. The fourth-order valence-electron chi connectivity index (χ4n) is 2.31. The van der Waals surface area contributed by atoms with E-state index >= 15 is 0 Å². The van der Waals surface area contributed by atoms with Crippen molar-refractivity contribution in [2.24, 2.45) is 0 Å². The smallest absolute Gasteiger partial charge is 0.187 e. The fraction of sp³-hybridized carbons (Fsp3) is 0.0455. The summed E-state index contributed by atoms with van der Waals surface area (Å²) in [4.78, 5) is 12.1. The van der Waals surface area contributed by atoms with Gasteiger partial charge in [0.05, 0.1) is 0 Å². The number of benzene rings is 3. The molecule has 0 aliphatic heterocycles. The van der Waals surface area contributed by atoms with E-state index in [0.717, 1.165) is 21.5 Å². The summed E-state index contributed by atoms with van der Waals surface area (Å²) in [5.41, 5.74) is 2.66. The maximum absolute atomic E-state index is 12.1. The van der Waals surface area contributed by atoms with Crippen molar-refractivity contribution in [1.29, 1.82) is 0 Å². The van der Waals surface area contributed by atoms with Crippen molar-refractivity contribution < 1.29 is 9.53 Å². The summed E-state index contributed by atoms with van der Waals surface area (Å²) in [5.74, 6) is 0.752. The van der Waals surface area contributed by atoms with Gasteiger partial charge in [-0.25, -0.2) is 0 Å². The lowest BCUT2D eigenvalue weighted by molar-refractivity contribution is 0.104. The molecule has 0 heterocycles. The van der Waals surface area contributed by atoms with Gasteiger partial charge in [0.2, 0.25) is 0 Å². The normalized spacial score (nSPS) is 10.7. The van der Waals surface area contributed by atoms with Crippen LogP contribution in [0, 0.1) is 0 Å². The van der Waals surface area contributed by atoms with Crippen LogP contribution < -0.4 is 10.1 Å². The minimum atomic E-state index is -0.0483. The number of hydrogen-bond acceptors (Lipinski definition) is 3. The number of rotatable bonds is 7. The van der Waals surface area contributed by atoms with E-state index in [-0.39, 0.29) is 5.78 Å². The van der Waals surface area contributed by atoms with E-state index in [1.807, 2.05) is 66.7 Å². The Kier molecular flexibility index (Phi) is 6.23. The molecule has 3 nitrogen and oxygen atoms in total. The van der Waals surface area contributed by atoms with Crippen molar-refractivity contribution in [3.63, 3.8) is 0 Å². The Morgan fingerprint density at radius 3 is 2.31 bits per heavy atom. The molecule has 0 saturated heterocycles. The quantitative estimate of drug-likeness (QED) is 0.395. The average Bonchev–Trinajstić information content (AvgIpc) is 2.68. The van der Waals surface area contributed by atoms with Crippen LogP contribution in [0.15, 0.2) is 95.6 Å². The summed E-state index contributed by atoms with van der Waals surface area (Å²) in [6.07, 6.45) is 3.16. The van der Waals surface area contributed by atoms with Gasteiger partial charge in [-0.05, 0) is 54.1 Å². The molecule has 26 heavy (non-hydrogen) atoms. The Hall–Kier alpha value is -2.85. The van der Waals surface area contributed by atoms with E-state index < -0.39 is 0 Å². The Labute approximate surface area is 161 Å². The first-order valence-corrected chi connectivity index (χ1v) is 9.00. The lowest BCUT2D eigenvalue weighted by Gasteiger charge is -2.07. The Bertz CT molecular complexity index is 872. The third-order valence-electron chi connectivity index (χ3n) is 3.72. The average molecular weight is 408 g/mol. The van der Waals surface area contributed by atoms with Crippen LogP contribution in [-0.2, 0) is 6.61 Å². The third kappa shape index (κ3) is 5.33. The summed E-state index contributed by atoms with van der Waals surface area (Å²) in [6, 6.07) is 24.9. The molecule has 130 valence electrons. The van der Waals surface area contributed by atoms with E-state index in [1.165, 1.54) is 6.08 Å². The van der Waals surface area contributed by atoms with Gasteiger partial charge >= 0.3 is 0 Å². The number of carbonyl (C=O) groups is 1. The van der Waals surface area contributed by atoms with Gasteiger partial charge in [-0.15, -0.1) is 0 Å². The van der Waals surface area contributed by atoms with Gasteiger partial charge in [0.25, 0.3) is 0 Å². The van der Waals surface area contributed by atoms with Crippen molar-refractivity contribution in [3.05, 3.63) is 107 Å². The van der Waals surface area contributed by atoms with E-state index in [1.54, 1.807) is 18.3 Å². The Morgan fingerprint density at radius 2 is 1.62 bits per heavy atom. The second-order valence-corrected chi connectivity index (χ2v) is 6.56. The lowest BCUT2D eigenvalue weighted by atomic mass is 10.1. The number of nitrogens with one attached hydrogen (secondary N) is 1. The van der Waals surface area contributed by atoms with Gasteiger partial charge in [-0.3, -0.25) is 4.79 Å². The van der Waals surface area contributed by atoms with E-state index in [2.05, 4.69) is 21.2 Å². The van der Waals surface area contributed by atoms with E-state index in [9.17, 15) is 4.79 Å². The van der Waals surface area contributed by atoms with Crippen LogP contribution in [0.1, 0.15) is 15.9 Å². The van der Waals surface area contributed by atoms with Crippen LogP contribution in [0.5, 0.6) is 5.75 Å². The lowest BCUT2D eigenvalue weighted by Crippen LogP contribution is -1.97. The molecule has 1 N–H and O–H groups in total. The largest absolute Gasteiger partial charge is 0.489 e. The van der Waals surface area contributed by atoms with Gasteiger partial charge in [-0.1, -0.05) is 46.3 Å². The molecule has 0 amide bonds. The van der Waals surface area contributed by atoms with Crippen molar-refractivity contribution in [2.45, 2.75) is 6.61 Å². The van der Waals surface area contributed by atoms with Gasteiger partial charge < -0.3 is 10.1 Å². The number of ketones is 1. The number of carbonyl (C=O) groups excluding carboxylic acids is 1. The number of allylic oxidation sites excluding steroid dienone is 1. The molecule has 0 unspecified atom stereocenters. The van der Waals surface area contributed by atoms with Crippen LogP contribution in [0.4, 0.5) is 5.69 Å². The first-order chi connectivity index (χ1) is 12.7. The monoisotopic (exact) mass is 407 g/mol. The highest BCUT2D eigenvalue weighted by atomic mass is 79.9. The standard InChI is InChI=1S/C22H18BrNO2/c23-19-8-6-18(7-9-19)22(25)14-15-24-20-10-12-21(13-11-20)26-16-17-4-2-1-3-5-17/h1-15,24H,16H2/b15-14+. The highest BCUT2D eigenvalue weighted by molar-refractivity contribution is 9.10. The maximum atomic E-state index is 12.1. The van der Waals surface area contributed by atoms with Crippen LogP contribution in [0.25, 0.3) is 0 Å². The Morgan fingerprint density at radius 1 is 0.923 bits per heavy atom. The molecule has 4 heteroatoms. The summed E-state index contributed by atoms with van der Waals surface area (Å²) < 4.78 is 6.70. The topological polar surface area (TPSA) is 38.3 Å². The summed E-state index contributed by atoms with van der Waals surface area (Å²) >= 11 is 3.36. The van der Waals surface area contributed by atoms with Crippen molar-refractivity contribution >= 4 is 27.4 Å². The molecule has 0 saturated carbocycles. The molecular weight excluding hydrogens is 390 g/mol. The summed E-state index contributed by atoms with van der Waals surface area (Å²) in [5, 5.41) is 3.09. The zero-order chi connectivity index (χ0) is 18.2.